The molecule has 150 valence electrons. The molecule has 0 saturated heterocycles. The molecule has 5 rings (SSSR count). The van der Waals surface area contributed by atoms with Crippen LogP contribution in [0.15, 0.2) is 54.9 Å². The van der Waals surface area contributed by atoms with Crippen LogP contribution in [0.25, 0.3) is 28.6 Å². The largest absolute Gasteiger partial charge is 0.366 e. The van der Waals surface area contributed by atoms with Gasteiger partial charge in [0.2, 0.25) is 0 Å². The minimum Gasteiger partial charge on any atom is -0.366 e. The molecule has 30 heavy (non-hydrogen) atoms. The van der Waals surface area contributed by atoms with Gasteiger partial charge in [0, 0.05) is 11.8 Å². The van der Waals surface area contributed by atoms with Crippen LogP contribution in [0.3, 0.4) is 0 Å². The highest BCUT2D eigenvalue weighted by atomic mass is 15.1. The van der Waals surface area contributed by atoms with E-state index >= 15 is 0 Å². The third kappa shape index (κ3) is 3.54. The molecular weight excluding hydrogens is 370 g/mol. The third-order valence-electron chi connectivity index (χ3n) is 5.74. The monoisotopic (exact) mass is 395 g/mol. The topological polar surface area (TPSA) is 60.6 Å². The first-order chi connectivity index (χ1) is 14.5. The Kier molecular flexibility index (Phi) is 4.51. The van der Waals surface area contributed by atoms with E-state index in [1.165, 1.54) is 22.3 Å². The zero-order valence-corrected chi connectivity index (χ0v) is 17.5. The molecule has 2 N–H and O–H groups in total. The number of hydrogen-bond acceptors (Lipinski definition) is 3. The normalized spacial score (nSPS) is 13.0. The fourth-order valence-corrected chi connectivity index (χ4v) is 3.87. The molecule has 0 saturated carbocycles. The number of H-pyrrole nitrogens is 2. The van der Waals surface area contributed by atoms with E-state index in [1.54, 1.807) is 0 Å². The van der Waals surface area contributed by atoms with E-state index in [-0.39, 0.29) is 0 Å². The van der Waals surface area contributed by atoms with Crippen molar-refractivity contribution in [1.82, 2.24) is 24.8 Å². The number of aryl methyl sites for hydroxylation is 3. The van der Waals surface area contributed by atoms with E-state index in [1.807, 2.05) is 13.1 Å². The molecule has 0 atom stereocenters. The Morgan fingerprint density at radius 3 is 2.40 bits per heavy atom. The summed E-state index contributed by atoms with van der Waals surface area (Å²) in [7, 11) is 0. The van der Waals surface area contributed by atoms with Gasteiger partial charge in [-0.2, -0.15) is 0 Å². The molecular formula is C25H25N5. The van der Waals surface area contributed by atoms with Crippen LogP contribution in [0.1, 0.15) is 34.0 Å². The van der Waals surface area contributed by atoms with Crippen molar-refractivity contribution in [2.75, 3.05) is 0 Å². The summed E-state index contributed by atoms with van der Waals surface area (Å²) in [6.07, 6.45) is 6.08. The fraction of sp³-hybridized carbons (Fsp3) is 0.200. The minimum absolute atomic E-state index is 0.801. The van der Waals surface area contributed by atoms with Gasteiger partial charge in [0.05, 0.1) is 36.4 Å². The first kappa shape index (κ1) is 18.4. The summed E-state index contributed by atoms with van der Waals surface area (Å²) in [5, 5.41) is 0. The van der Waals surface area contributed by atoms with E-state index in [0.29, 0.717) is 0 Å². The zero-order chi connectivity index (χ0) is 20.7. The summed E-state index contributed by atoms with van der Waals surface area (Å²) in [5.41, 5.74) is 9.47. The van der Waals surface area contributed by atoms with Gasteiger partial charge in [-0.15, -0.1) is 0 Å². The lowest BCUT2D eigenvalue weighted by atomic mass is 9.99. The van der Waals surface area contributed by atoms with Crippen molar-refractivity contribution in [3.63, 3.8) is 0 Å². The van der Waals surface area contributed by atoms with Gasteiger partial charge in [0.25, 0.3) is 0 Å². The molecule has 0 radical (unpaired) electrons. The van der Waals surface area contributed by atoms with Crippen LogP contribution in [0.2, 0.25) is 0 Å². The lowest BCUT2D eigenvalue weighted by Gasteiger charge is -2.22. The SMILES string of the molecule is Cc1ncc(CN2C=Cc3nc(-c4ccc(-c5ccc(C)c(C)c5)cc4)[nH]c3C2)[nH]1. The fourth-order valence-electron chi connectivity index (χ4n) is 3.87. The first-order valence-electron chi connectivity index (χ1n) is 10.2. The number of benzene rings is 2. The first-order valence-corrected chi connectivity index (χ1v) is 10.2. The number of aromatic amines is 2. The molecule has 0 bridgehead atoms. The standard InChI is InChI=1S/C25H25N5/c1-16-4-5-21(12-17(16)2)19-6-8-20(9-7-19)25-28-23-10-11-30(15-24(23)29-25)14-22-13-26-18(3)27-22/h4-13H,14-15H2,1-3H3,(H,26,27)(H,28,29). The Balaban J connectivity index is 1.34. The average molecular weight is 396 g/mol. The van der Waals surface area contributed by atoms with Gasteiger partial charge < -0.3 is 14.9 Å². The van der Waals surface area contributed by atoms with Crippen LogP contribution in [0.4, 0.5) is 0 Å². The molecule has 4 aromatic rings. The van der Waals surface area contributed by atoms with Crippen LogP contribution in [-0.4, -0.2) is 24.8 Å². The molecule has 0 spiro atoms. The van der Waals surface area contributed by atoms with Gasteiger partial charge >= 0.3 is 0 Å². The Bertz CT molecular complexity index is 1230. The van der Waals surface area contributed by atoms with E-state index in [9.17, 15) is 0 Å². The highest BCUT2D eigenvalue weighted by molar-refractivity contribution is 5.69. The molecule has 2 aromatic carbocycles. The van der Waals surface area contributed by atoms with E-state index < -0.39 is 0 Å². The smallest absolute Gasteiger partial charge is 0.138 e. The molecule has 5 nitrogen and oxygen atoms in total. The maximum atomic E-state index is 4.81. The zero-order valence-electron chi connectivity index (χ0n) is 17.5. The highest BCUT2D eigenvalue weighted by Gasteiger charge is 2.17. The van der Waals surface area contributed by atoms with Crippen molar-refractivity contribution < 1.29 is 0 Å². The maximum Gasteiger partial charge on any atom is 0.138 e. The summed E-state index contributed by atoms with van der Waals surface area (Å²) in [4.78, 5) is 18.1. The van der Waals surface area contributed by atoms with E-state index in [2.05, 4.69) is 88.4 Å². The molecule has 5 heteroatoms. The number of hydrogen-bond donors (Lipinski definition) is 2. The summed E-state index contributed by atoms with van der Waals surface area (Å²) in [6, 6.07) is 15.2. The van der Waals surface area contributed by atoms with Crippen LogP contribution in [0, 0.1) is 20.8 Å². The number of nitrogens with one attached hydrogen (secondary N) is 2. The second-order valence-corrected chi connectivity index (χ2v) is 8.04. The number of nitrogens with zero attached hydrogens (tertiary/aromatic N) is 3. The number of rotatable bonds is 4. The van der Waals surface area contributed by atoms with Crippen molar-refractivity contribution in [1.29, 1.82) is 0 Å². The minimum atomic E-state index is 0.801. The van der Waals surface area contributed by atoms with Crippen molar-refractivity contribution >= 4 is 6.08 Å². The Morgan fingerprint density at radius 1 is 0.900 bits per heavy atom. The predicted molar refractivity (Wildman–Crippen MR) is 121 cm³/mol. The van der Waals surface area contributed by atoms with Gasteiger partial charge in [0.1, 0.15) is 11.6 Å². The third-order valence-corrected chi connectivity index (χ3v) is 5.74. The van der Waals surface area contributed by atoms with Crippen molar-refractivity contribution in [2.45, 2.75) is 33.9 Å². The molecule has 0 aliphatic carbocycles. The summed E-state index contributed by atoms with van der Waals surface area (Å²) in [5.74, 6) is 1.86. The quantitative estimate of drug-likeness (QED) is 0.488. The van der Waals surface area contributed by atoms with E-state index in [0.717, 1.165) is 47.4 Å². The van der Waals surface area contributed by atoms with Crippen LogP contribution in [0.5, 0.6) is 0 Å². The van der Waals surface area contributed by atoms with Crippen LogP contribution >= 0.6 is 0 Å². The van der Waals surface area contributed by atoms with Gasteiger partial charge in [-0.3, -0.25) is 0 Å². The molecule has 0 fully saturated rings. The molecule has 3 heterocycles. The lowest BCUT2D eigenvalue weighted by molar-refractivity contribution is 0.351. The molecule has 1 aliphatic rings. The highest BCUT2D eigenvalue weighted by Crippen LogP contribution is 2.27. The van der Waals surface area contributed by atoms with Gasteiger partial charge in [-0.05, 0) is 49.1 Å². The summed E-state index contributed by atoms with van der Waals surface area (Å²) in [6.45, 7) is 7.88. The van der Waals surface area contributed by atoms with Crippen molar-refractivity contribution in [2.24, 2.45) is 0 Å². The van der Waals surface area contributed by atoms with Crippen molar-refractivity contribution in [3.05, 3.63) is 88.9 Å². The van der Waals surface area contributed by atoms with Crippen molar-refractivity contribution in [3.8, 4) is 22.5 Å². The molecule has 0 amide bonds. The number of imidazole rings is 2. The number of fused-ring (bicyclic) bond motifs is 1. The second kappa shape index (κ2) is 7.34. The Hall–Kier alpha value is -3.60. The summed E-state index contributed by atoms with van der Waals surface area (Å²) < 4.78 is 0. The Morgan fingerprint density at radius 2 is 1.67 bits per heavy atom. The molecule has 2 aromatic heterocycles. The number of aromatic nitrogens is 4. The van der Waals surface area contributed by atoms with Gasteiger partial charge in [-0.1, -0.05) is 42.5 Å². The molecule has 0 unspecified atom stereocenters. The maximum absolute atomic E-state index is 4.81. The predicted octanol–water partition coefficient (Wildman–Crippen LogP) is 5.38. The average Bonchev–Trinajstić information content (AvgIpc) is 3.36. The second-order valence-electron chi connectivity index (χ2n) is 8.04. The van der Waals surface area contributed by atoms with Crippen LogP contribution in [-0.2, 0) is 13.1 Å². The lowest BCUT2D eigenvalue weighted by Crippen LogP contribution is -2.19. The van der Waals surface area contributed by atoms with Gasteiger partial charge in [0.15, 0.2) is 0 Å². The van der Waals surface area contributed by atoms with E-state index in [4.69, 9.17) is 4.98 Å². The Labute approximate surface area is 176 Å². The molecule has 1 aliphatic heterocycles. The summed E-state index contributed by atoms with van der Waals surface area (Å²) >= 11 is 0. The van der Waals surface area contributed by atoms with Crippen LogP contribution < -0.4 is 0 Å². The van der Waals surface area contributed by atoms with Gasteiger partial charge in [-0.25, -0.2) is 9.97 Å².